The van der Waals surface area contributed by atoms with Gasteiger partial charge >= 0.3 is 0 Å². The lowest BCUT2D eigenvalue weighted by Gasteiger charge is -2.34. The molecule has 1 amide bonds. The number of benzene rings is 1. The Hall–Kier alpha value is -1.37. The maximum Gasteiger partial charge on any atom is 0.271 e. The highest BCUT2D eigenvalue weighted by Crippen LogP contribution is 2.22. The predicted octanol–water partition coefficient (Wildman–Crippen LogP) is 2.24. The number of carbonyl (C=O) groups is 1. The molecule has 1 aliphatic heterocycles. The van der Waals surface area contributed by atoms with E-state index in [2.05, 4.69) is 4.90 Å². The van der Waals surface area contributed by atoms with Crippen molar-refractivity contribution in [3.63, 3.8) is 0 Å². The van der Waals surface area contributed by atoms with Crippen molar-refractivity contribution in [1.29, 1.82) is 0 Å². The molecule has 0 spiro atoms. The third-order valence-electron chi connectivity index (χ3n) is 3.40. The van der Waals surface area contributed by atoms with E-state index in [9.17, 15) is 14.9 Å². The van der Waals surface area contributed by atoms with Crippen LogP contribution in [0.2, 0.25) is 5.02 Å². The highest BCUT2D eigenvalue weighted by molar-refractivity contribution is 6.31. The van der Waals surface area contributed by atoms with Gasteiger partial charge in [-0.15, -0.1) is 11.6 Å². The average Bonchev–Trinajstić information content (AvgIpc) is 2.47. The maximum absolute atomic E-state index is 12.4. The summed E-state index contributed by atoms with van der Waals surface area (Å²) in [5.74, 6) is 0.333. The van der Waals surface area contributed by atoms with E-state index in [1.54, 1.807) is 4.90 Å². The van der Waals surface area contributed by atoms with Gasteiger partial charge in [0.1, 0.15) is 0 Å². The van der Waals surface area contributed by atoms with E-state index < -0.39 is 4.92 Å². The number of carbonyl (C=O) groups excluding carboxylic acids is 1. The number of nitro groups is 1. The Bertz CT molecular complexity index is 545. The van der Waals surface area contributed by atoms with Crippen molar-refractivity contribution in [2.75, 3.05) is 38.6 Å². The number of amides is 1. The Kier molecular flexibility index (Phi) is 5.39. The quantitative estimate of drug-likeness (QED) is 0.482. The number of alkyl halides is 1. The standard InChI is InChI=1S/C13H15Cl2N3O3/c14-1-2-16-3-5-17(6-4-16)13(19)10-7-11(15)9-12(8-10)18(20)21/h7-9H,1-6H2. The van der Waals surface area contributed by atoms with Crippen LogP contribution in [0.4, 0.5) is 5.69 Å². The minimum atomic E-state index is -0.554. The molecule has 0 radical (unpaired) electrons. The zero-order chi connectivity index (χ0) is 15.4. The largest absolute Gasteiger partial charge is 0.336 e. The smallest absolute Gasteiger partial charge is 0.271 e. The number of nitrogens with zero attached hydrogens (tertiary/aromatic N) is 3. The summed E-state index contributed by atoms with van der Waals surface area (Å²) in [5, 5.41) is 11.0. The zero-order valence-corrected chi connectivity index (χ0v) is 12.8. The van der Waals surface area contributed by atoms with Crippen LogP contribution in [0.3, 0.4) is 0 Å². The second kappa shape index (κ2) is 7.06. The second-order valence-corrected chi connectivity index (χ2v) is 5.59. The number of non-ortho nitro benzene ring substituents is 1. The Labute approximate surface area is 132 Å². The first-order valence-electron chi connectivity index (χ1n) is 6.54. The highest BCUT2D eigenvalue weighted by atomic mass is 35.5. The fourth-order valence-corrected chi connectivity index (χ4v) is 2.75. The average molecular weight is 332 g/mol. The minimum absolute atomic E-state index is 0.174. The zero-order valence-electron chi connectivity index (χ0n) is 11.3. The van der Waals surface area contributed by atoms with E-state index in [4.69, 9.17) is 23.2 Å². The number of hydrogen-bond acceptors (Lipinski definition) is 4. The van der Waals surface area contributed by atoms with Gasteiger partial charge in [-0.3, -0.25) is 19.8 Å². The molecule has 0 aromatic heterocycles. The van der Waals surface area contributed by atoms with E-state index in [1.165, 1.54) is 18.2 Å². The van der Waals surface area contributed by atoms with Gasteiger partial charge in [-0.2, -0.15) is 0 Å². The second-order valence-electron chi connectivity index (χ2n) is 4.78. The van der Waals surface area contributed by atoms with Crippen molar-refractivity contribution in [2.45, 2.75) is 0 Å². The van der Waals surface area contributed by atoms with Gasteiger partial charge in [0.2, 0.25) is 0 Å². The van der Waals surface area contributed by atoms with Gasteiger partial charge in [-0.1, -0.05) is 11.6 Å². The van der Waals surface area contributed by atoms with Crippen LogP contribution in [0.25, 0.3) is 0 Å². The van der Waals surface area contributed by atoms with Gasteiger partial charge in [0.05, 0.1) is 4.92 Å². The predicted molar refractivity (Wildman–Crippen MR) is 81.2 cm³/mol. The summed E-state index contributed by atoms with van der Waals surface area (Å²) >= 11 is 11.5. The van der Waals surface area contributed by atoms with Gasteiger partial charge < -0.3 is 4.90 Å². The van der Waals surface area contributed by atoms with Crippen molar-refractivity contribution in [3.8, 4) is 0 Å². The summed E-state index contributed by atoms with van der Waals surface area (Å²) in [5.41, 5.74) is 0.0756. The van der Waals surface area contributed by atoms with Crippen LogP contribution in [-0.2, 0) is 0 Å². The summed E-state index contributed by atoms with van der Waals surface area (Å²) in [7, 11) is 0. The van der Waals surface area contributed by atoms with Crippen molar-refractivity contribution in [2.24, 2.45) is 0 Å². The van der Waals surface area contributed by atoms with Crippen LogP contribution in [-0.4, -0.2) is 59.2 Å². The topological polar surface area (TPSA) is 66.7 Å². The Morgan fingerprint density at radius 3 is 2.48 bits per heavy atom. The molecule has 6 nitrogen and oxygen atoms in total. The van der Waals surface area contributed by atoms with Gasteiger partial charge in [-0.05, 0) is 6.07 Å². The molecule has 8 heteroatoms. The van der Waals surface area contributed by atoms with Crippen molar-refractivity contribution < 1.29 is 9.72 Å². The third kappa shape index (κ3) is 4.06. The number of nitro benzene ring substituents is 1. The van der Waals surface area contributed by atoms with Gasteiger partial charge in [0.15, 0.2) is 0 Å². The van der Waals surface area contributed by atoms with Gasteiger partial charge in [-0.25, -0.2) is 0 Å². The van der Waals surface area contributed by atoms with Crippen LogP contribution in [0, 0.1) is 10.1 Å². The summed E-state index contributed by atoms with van der Waals surface area (Å²) in [6.07, 6.45) is 0. The van der Waals surface area contributed by atoms with E-state index >= 15 is 0 Å². The summed E-state index contributed by atoms with van der Waals surface area (Å²) in [6.45, 7) is 3.46. The van der Waals surface area contributed by atoms with Crippen molar-refractivity contribution >= 4 is 34.8 Å². The fourth-order valence-electron chi connectivity index (χ4n) is 2.28. The summed E-state index contributed by atoms with van der Waals surface area (Å²) in [6, 6.07) is 3.96. The summed E-state index contributed by atoms with van der Waals surface area (Å²) in [4.78, 5) is 26.5. The first kappa shape index (κ1) is 16.0. The maximum atomic E-state index is 12.4. The van der Waals surface area contributed by atoms with E-state index in [1.807, 2.05) is 0 Å². The van der Waals surface area contributed by atoms with Crippen LogP contribution in [0.15, 0.2) is 18.2 Å². The lowest BCUT2D eigenvalue weighted by atomic mass is 10.1. The first-order chi connectivity index (χ1) is 10.0. The number of piperazine rings is 1. The molecule has 0 bridgehead atoms. The molecule has 1 aliphatic rings. The molecule has 0 atom stereocenters. The molecule has 1 fully saturated rings. The Balaban J connectivity index is 2.09. The number of hydrogen-bond donors (Lipinski definition) is 0. The molecule has 1 saturated heterocycles. The molecule has 2 rings (SSSR count). The van der Waals surface area contributed by atoms with Crippen LogP contribution >= 0.6 is 23.2 Å². The lowest BCUT2D eigenvalue weighted by Crippen LogP contribution is -2.49. The van der Waals surface area contributed by atoms with Gasteiger partial charge in [0, 0.05) is 61.3 Å². The summed E-state index contributed by atoms with van der Waals surface area (Å²) < 4.78 is 0. The molecule has 0 saturated carbocycles. The molecule has 0 unspecified atom stereocenters. The van der Waals surface area contributed by atoms with E-state index in [-0.39, 0.29) is 22.2 Å². The normalized spacial score (nSPS) is 16.0. The highest BCUT2D eigenvalue weighted by Gasteiger charge is 2.23. The molecule has 1 heterocycles. The monoisotopic (exact) mass is 331 g/mol. The molecule has 0 aliphatic carbocycles. The Morgan fingerprint density at radius 2 is 1.90 bits per heavy atom. The first-order valence-corrected chi connectivity index (χ1v) is 7.45. The molecule has 21 heavy (non-hydrogen) atoms. The SMILES string of the molecule is O=C(c1cc(Cl)cc([N+](=O)[O-])c1)N1CCN(CCCl)CC1. The van der Waals surface area contributed by atoms with Crippen LogP contribution in [0.5, 0.6) is 0 Å². The number of rotatable bonds is 4. The molecule has 1 aromatic carbocycles. The van der Waals surface area contributed by atoms with Gasteiger partial charge in [0.25, 0.3) is 11.6 Å². The third-order valence-corrected chi connectivity index (χ3v) is 3.79. The van der Waals surface area contributed by atoms with Crippen molar-refractivity contribution in [1.82, 2.24) is 9.80 Å². The molecule has 1 aromatic rings. The Morgan fingerprint density at radius 1 is 1.24 bits per heavy atom. The minimum Gasteiger partial charge on any atom is -0.336 e. The molecule has 114 valence electrons. The van der Waals surface area contributed by atoms with Crippen molar-refractivity contribution in [3.05, 3.63) is 38.9 Å². The fraction of sp³-hybridized carbons (Fsp3) is 0.462. The van der Waals surface area contributed by atoms with E-state index in [0.29, 0.717) is 19.0 Å². The van der Waals surface area contributed by atoms with Crippen LogP contribution < -0.4 is 0 Å². The molecule has 0 N–H and O–H groups in total. The number of halogens is 2. The molecular weight excluding hydrogens is 317 g/mol. The van der Waals surface area contributed by atoms with E-state index in [0.717, 1.165) is 19.6 Å². The molecular formula is C13H15Cl2N3O3. The lowest BCUT2D eigenvalue weighted by molar-refractivity contribution is -0.384. The van der Waals surface area contributed by atoms with Crippen LogP contribution in [0.1, 0.15) is 10.4 Å².